The van der Waals surface area contributed by atoms with Crippen LogP contribution >= 0.6 is 23.2 Å². The average molecular weight is 463 g/mol. The van der Waals surface area contributed by atoms with Crippen LogP contribution in [0, 0.1) is 0 Å². The van der Waals surface area contributed by atoms with Crippen molar-refractivity contribution in [3.8, 4) is 11.5 Å². The van der Waals surface area contributed by atoms with E-state index >= 15 is 0 Å². The molecule has 0 aliphatic heterocycles. The summed E-state index contributed by atoms with van der Waals surface area (Å²) in [5.74, 6) is 1.08. The Morgan fingerprint density at radius 2 is 1.84 bits per heavy atom. The number of para-hydroxylation sites is 2. The summed E-state index contributed by atoms with van der Waals surface area (Å²) in [6, 6.07) is 12.1. The van der Waals surface area contributed by atoms with Gasteiger partial charge in [0, 0.05) is 5.02 Å². The Morgan fingerprint density at radius 1 is 1.06 bits per heavy atom. The minimum atomic E-state index is -0.472. The molecule has 0 saturated heterocycles. The molecule has 3 rings (SSSR count). The number of nitrogens with zero attached hydrogens (tertiary/aromatic N) is 2. The number of hydrazine groups is 1. The summed E-state index contributed by atoms with van der Waals surface area (Å²) in [6.45, 7) is 2.12. The summed E-state index contributed by atoms with van der Waals surface area (Å²) in [6.07, 6.45) is 1.31. The Balaban J connectivity index is 1.60. The molecular formula is C20H20Cl2N6O3. The first-order valence-corrected chi connectivity index (χ1v) is 9.95. The highest BCUT2D eigenvalue weighted by Crippen LogP contribution is 2.31. The molecule has 3 aromatic rings. The Labute approximate surface area is 188 Å². The van der Waals surface area contributed by atoms with Gasteiger partial charge in [-0.1, -0.05) is 35.3 Å². The van der Waals surface area contributed by atoms with Gasteiger partial charge < -0.3 is 20.5 Å². The second-order valence-corrected chi connectivity index (χ2v) is 6.92. The number of ether oxygens (including phenoxy) is 2. The van der Waals surface area contributed by atoms with E-state index in [9.17, 15) is 4.79 Å². The third-order valence-electron chi connectivity index (χ3n) is 3.90. The Hall–Kier alpha value is -3.43. The minimum absolute atomic E-state index is 0.204. The molecule has 0 radical (unpaired) electrons. The lowest BCUT2D eigenvalue weighted by molar-refractivity contribution is -0.122. The number of nitrogens with two attached hydrogens (primary N) is 1. The van der Waals surface area contributed by atoms with Crippen molar-refractivity contribution in [3.63, 3.8) is 0 Å². The quantitative estimate of drug-likeness (QED) is 0.351. The third kappa shape index (κ3) is 6.03. The molecule has 0 aliphatic rings. The third-order valence-corrected chi connectivity index (χ3v) is 4.43. The van der Waals surface area contributed by atoms with Gasteiger partial charge in [-0.05, 0) is 37.3 Å². The molecule has 0 fully saturated rings. The van der Waals surface area contributed by atoms with Gasteiger partial charge in [-0.2, -0.15) is 0 Å². The summed E-state index contributed by atoms with van der Waals surface area (Å²) in [5.41, 5.74) is 12.1. The maximum absolute atomic E-state index is 12.1. The van der Waals surface area contributed by atoms with Crippen LogP contribution in [0.1, 0.15) is 6.92 Å². The normalized spacial score (nSPS) is 10.3. The summed E-state index contributed by atoms with van der Waals surface area (Å²) < 4.78 is 11.0. The number of aromatic nitrogens is 2. The van der Waals surface area contributed by atoms with Crippen molar-refractivity contribution >= 4 is 52.1 Å². The van der Waals surface area contributed by atoms with Crippen molar-refractivity contribution in [2.75, 3.05) is 29.7 Å². The van der Waals surface area contributed by atoms with Crippen LogP contribution < -0.4 is 31.4 Å². The van der Waals surface area contributed by atoms with Gasteiger partial charge in [0.1, 0.15) is 23.5 Å². The van der Waals surface area contributed by atoms with E-state index in [1.165, 1.54) is 12.4 Å². The summed E-state index contributed by atoms with van der Waals surface area (Å²) in [7, 11) is 0. The zero-order valence-corrected chi connectivity index (χ0v) is 18.0. The standard InChI is InChI=1S/C20H20Cl2N6O3/c1-2-30-16-6-4-3-5-14(16)26-19-18(23)20(25-11-24-19)28-27-17(29)10-31-15-8-7-12(21)9-13(15)22/h3-9,11H,2,10,23H2,1H3,(H,27,29)(H2,24,25,26,28). The summed E-state index contributed by atoms with van der Waals surface area (Å²) in [4.78, 5) is 20.3. The van der Waals surface area contributed by atoms with Gasteiger partial charge in [0.2, 0.25) is 0 Å². The molecule has 31 heavy (non-hydrogen) atoms. The molecule has 1 amide bonds. The summed E-state index contributed by atoms with van der Waals surface area (Å²) >= 11 is 11.9. The first kappa shape index (κ1) is 22.3. The van der Waals surface area contributed by atoms with Crippen molar-refractivity contribution in [2.45, 2.75) is 6.92 Å². The average Bonchev–Trinajstić information content (AvgIpc) is 2.75. The van der Waals surface area contributed by atoms with Gasteiger partial charge in [-0.25, -0.2) is 9.97 Å². The fourth-order valence-electron chi connectivity index (χ4n) is 2.47. The Bertz CT molecular complexity index is 1070. The number of hydrogen-bond donors (Lipinski definition) is 4. The van der Waals surface area contributed by atoms with Gasteiger partial charge in [0.15, 0.2) is 18.2 Å². The van der Waals surface area contributed by atoms with E-state index < -0.39 is 5.91 Å². The Kier molecular flexibility index (Phi) is 7.58. The highest BCUT2D eigenvalue weighted by Gasteiger charge is 2.12. The van der Waals surface area contributed by atoms with Crippen molar-refractivity contribution in [1.29, 1.82) is 0 Å². The van der Waals surface area contributed by atoms with Gasteiger partial charge in [-0.3, -0.25) is 15.6 Å². The molecule has 1 aromatic heterocycles. The fourth-order valence-corrected chi connectivity index (χ4v) is 2.94. The molecule has 1 heterocycles. The number of nitrogen functional groups attached to an aromatic ring is 1. The molecular weight excluding hydrogens is 443 g/mol. The number of hydrogen-bond acceptors (Lipinski definition) is 8. The molecule has 0 spiro atoms. The molecule has 0 atom stereocenters. The molecule has 0 unspecified atom stereocenters. The number of benzene rings is 2. The van der Waals surface area contributed by atoms with Crippen molar-refractivity contribution in [2.24, 2.45) is 0 Å². The first-order valence-electron chi connectivity index (χ1n) is 9.20. The first-order chi connectivity index (χ1) is 15.0. The number of carbonyl (C=O) groups excluding carboxylic acids is 1. The summed E-state index contributed by atoms with van der Waals surface area (Å²) in [5, 5.41) is 3.88. The van der Waals surface area contributed by atoms with E-state index in [1.807, 2.05) is 31.2 Å². The monoisotopic (exact) mass is 462 g/mol. The lowest BCUT2D eigenvalue weighted by atomic mass is 10.3. The number of rotatable bonds is 9. The van der Waals surface area contributed by atoms with Gasteiger partial charge in [0.25, 0.3) is 5.91 Å². The van der Waals surface area contributed by atoms with Crippen LogP contribution in [0.3, 0.4) is 0 Å². The van der Waals surface area contributed by atoms with E-state index in [-0.39, 0.29) is 18.1 Å². The van der Waals surface area contributed by atoms with Crippen LogP contribution in [0.25, 0.3) is 0 Å². The van der Waals surface area contributed by atoms with E-state index in [4.69, 9.17) is 38.4 Å². The predicted molar refractivity (Wildman–Crippen MR) is 121 cm³/mol. The van der Waals surface area contributed by atoms with Crippen LogP contribution in [0.2, 0.25) is 10.0 Å². The lowest BCUT2D eigenvalue weighted by Crippen LogP contribution is -2.34. The predicted octanol–water partition coefficient (Wildman–Crippen LogP) is 4.03. The largest absolute Gasteiger partial charge is 0.492 e. The highest BCUT2D eigenvalue weighted by atomic mass is 35.5. The van der Waals surface area contributed by atoms with Crippen LogP contribution in [-0.2, 0) is 4.79 Å². The van der Waals surface area contributed by atoms with Crippen LogP contribution in [-0.4, -0.2) is 29.1 Å². The van der Waals surface area contributed by atoms with Crippen LogP contribution in [0.15, 0.2) is 48.8 Å². The molecule has 2 aromatic carbocycles. The molecule has 0 aliphatic carbocycles. The fraction of sp³-hybridized carbons (Fsp3) is 0.150. The number of halogens is 2. The smallest absolute Gasteiger partial charge is 0.276 e. The van der Waals surface area contributed by atoms with E-state index in [0.717, 1.165) is 0 Å². The molecule has 0 bridgehead atoms. The Morgan fingerprint density at radius 3 is 2.61 bits per heavy atom. The van der Waals surface area contributed by atoms with Gasteiger partial charge in [-0.15, -0.1) is 0 Å². The van der Waals surface area contributed by atoms with E-state index in [0.29, 0.717) is 39.7 Å². The van der Waals surface area contributed by atoms with Crippen molar-refractivity contribution < 1.29 is 14.3 Å². The maximum Gasteiger partial charge on any atom is 0.276 e. The molecule has 11 heteroatoms. The van der Waals surface area contributed by atoms with Crippen LogP contribution in [0.4, 0.5) is 23.0 Å². The second kappa shape index (κ2) is 10.6. The van der Waals surface area contributed by atoms with Gasteiger partial charge >= 0.3 is 0 Å². The molecule has 9 nitrogen and oxygen atoms in total. The lowest BCUT2D eigenvalue weighted by Gasteiger charge is -2.15. The number of nitrogens with one attached hydrogen (secondary N) is 3. The highest BCUT2D eigenvalue weighted by molar-refractivity contribution is 6.35. The number of amides is 1. The van der Waals surface area contributed by atoms with Crippen LogP contribution in [0.5, 0.6) is 11.5 Å². The van der Waals surface area contributed by atoms with E-state index in [2.05, 4.69) is 26.1 Å². The zero-order chi connectivity index (χ0) is 22.2. The molecule has 162 valence electrons. The van der Waals surface area contributed by atoms with Crippen molar-refractivity contribution in [1.82, 2.24) is 15.4 Å². The second-order valence-electron chi connectivity index (χ2n) is 6.08. The minimum Gasteiger partial charge on any atom is -0.492 e. The van der Waals surface area contributed by atoms with E-state index in [1.54, 1.807) is 12.1 Å². The zero-order valence-electron chi connectivity index (χ0n) is 16.5. The van der Waals surface area contributed by atoms with Crippen molar-refractivity contribution in [3.05, 3.63) is 58.8 Å². The SMILES string of the molecule is CCOc1ccccc1Nc1ncnc(NNC(=O)COc2ccc(Cl)cc2Cl)c1N. The number of anilines is 4. The van der Waals surface area contributed by atoms with Gasteiger partial charge in [0.05, 0.1) is 17.3 Å². The number of carbonyl (C=O) groups is 1. The molecule has 0 saturated carbocycles. The topological polar surface area (TPSA) is 123 Å². The molecule has 5 N–H and O–H groups in total. The maximum atomic E-state index is 12.1.